The molecular formula is C16H19N3O3. The monoisotopic (exact) mass is 301 g/mol. The molecule has 0 aliphatic rings. The van der Waals surface area contributed by atoms with Crippen LogP contribution in [0.4, 0.5) is 4.79 Å². The Morgan fingerprint density at radius 2 is 1.95 bits per heavy atom. The van der Waals surface area contributed by atoms with Gasteiger partial charge in [0.25, 0.3) is 0 Å². The molecule has 0 saturated heterocycles. The number of urea groups is 1. The predicted octanol–water partition coefficient (Wildman–Crippen LogP) is 2.10. The number of nitrogens with zero attached hydrogens (tertiary/aromatic N) is 1. The van der Waals surface area contributed by atoms with E-state index in [0.29, 0.717) is 19.5 Å². The fourth-order valence-corrected chi connectivity index (χ4v) is 1.92. The first-order valence-corrected chi connectivity index (χ1v) is 7.25. The lowest BCUT2D eigenvalue weighted by Crippen LogP contribution is -2.36. The minimum atomic E-state index is -0.455. The van der Waals surface area contributed by atoms with E-state index < -0.39 is 5.97 Å². The maximum atomic E-state index is 11.9. The van der Waals surface area contributed by atoms with Crippen molar-refractivity contribution in [1.29, 1.82) is 0 Å². The van der Waals surface area contributed by atoms with E-state index in [4.69, 9.17) is 4.74 Å². The second-order valence-corrected chi connectivity index (χ2v) is 4.66. The van der Waals surface area contributed by atoms with Crippen molar-refractivity contribution in [2.45, 2.75) is 13.3 Å². The number of hydrogen-bond donors (Lipinski definition) is 2. The Labute approximate surface area is 128 Å². The first-order chi connectivity index (χ1) is 10.7. The van der Waals surface area contributed by atoms with Crippen LogP contribution in [0.2, 0.25) is 0 Å². The van der Waals surface area contributed by atoms with Gasteiger partial charge in [-0.1, -0.05) is 24.3 Å². The summed E-state index contributed by atoms with van der Waals surface area (Å²) in [6, 6.07) is 10.9. The van der Waals surface area contributed by atoms with Crippen molar-refractivity contribution in [3.63, 3.8) is 0 Å². The first-order valence-electron chi connectivity index (χ1n) is 7.25. The van der Waals surface area contributed by atoms with Gasteiger partial charge in [-0.2, -0.15) is 0 Å². The molecule has 0 bridgehead atoms. The maximum absolute atomic E-state index is 11.9. The van der Waals surface area contributed by atoms with Crippen LogP contribution in [-0.2, 0) is 4.74 Å². The van der Waals surface area contributed by atoms with Gasteiger partial charge in [0.15, 0.2) is 0 Å². The van der Waals surface area contributed by atoms with Crippen LogP contribution in [-0.4, -0.2) is 36.7 Å². The van der Waals surface area contributed by atoms with Crippen LogP contribution in [0.25, 0.3) is 10.9 Å². The molecule has 1 heterocycles. The number of benzene rings is 1. The van der Waals surface area contributed by atoms with Gasteiger partial charge < -0.3 is 15.4 Å². The number of rotatable bonds is 6. The number of esters is 1. The number of carbonyl (C=O) groups excluding carboxylic acids is 2. The highest BCUT2D eigenvalue weighted by atomic mass is 16.5. The molecule has 6 nitrogen and oxygen atoms in total. The Bertz CT molecular complexity index is 658. The van der Waals surface area contributed by atoms with Crippen molar-refractivity contribution in [1.82, 2.24) is 15.6 Å². The number of hydrogen-bond acceptors (Lipinski definition) is 4. The van der Waals surface area contributed by atoms with Crippen molar-refractivity contribution in [3.05, 3.63) is 42.1 Å². The molecule has 2 amide bonds. The van der Waals surface area contributed by atoms with Crippen molar-refractivity contribution < 1.29 is 14.3 Å². The van der Waals surface area contributed by atoms with Gasteiger partial charge in [-0.15, -0.1) is 0 Å². The van der Waals surface area contributed by atoms with Crippen LogP contribution < -0.4 is 10.6 Å². The Morgan fingerprint density at radius 3 is 2.77 bits per heavy atom. The zero-order chi connectivity index (χ0) is 15.8. The van der Waals surface area contributed by atoms with E-state index in [1.807, 2.05) is 37.3 Å². The van der Waals surface area contributed by atoms with Gasteiger partial charge in [0.2, 0.25) is 0 Å². The molecule has 0 atom stereocenters. The summed E-state index contributed by atoms with van der Waals surface area (Å²) in [5, 5.41) is 6.26. The molecule has 0 radical (unpaired) electrons. The van der Waals surface area contributed by atoms with Gasteiger partial charge in [0, 0.05) is 18.5 Å². The van der Waals surface area contributed by atoms with E-state index in [0.717, 1.165) is 10.9 Å². The first kappa shape index (κ1) is 15.8. The molecule has 0 aliphatic carbocycles. The van der Waals surface area contributed by atoms with Crippen LogP contribution >= 0.6 is 0 Å². The van der Waals surface area contributed by atoms with Gasteiger partial charge in [-0.05, 0) is 25.5 Å². The lowest BCUT2D eigenvalue weighted by atomic mass is 10.2. The van der Waals surface area contributed by atoms with Crippen molar-refractivity contribution in [2.24, 2.45) is 0 Å². The summed E-state index contributed by atoms with van der Waals surface area (Å²) < 4.78 is 5.15. The Morgan fingerprint density at radius 1 is 1.14 bits per heavy atom. The highest BCUT2D eigenvalue weighted by molar-refractivity contribution is 5.90. The molecule has 22 heavy (non-hydrogen) atoms. The topological polar surface area (TPSA) is 80.3 Å². The second kappa shape index (κ2) is 7.97. The summed E-state index contributed by atoms with van der Waals surface area (Å²) in [5.74, 6) is -0.455. The highest BCUT2D eigenvalue weighted by Gasteiger charge is 2.09. The summed E-state index contributed by atoms with van der Waals surface area (Å²) in [6.45, 7) is 3.11. The molecule has 0 aliphatic heterocycles. The van der Waals surface area contributed by atoms with Crippen molar-refractivity contribution in [3.8, 4) is 0 Å². The smallest absolute Gasteiger partial charge is 0.356 e. The fraction of sp³-hybridized carbons (Fsp3) is 0.312. The number of carbonyl (C=O) groups is 2. The number of aromatic nitrogens is 1. The van der Waals surface area contributed by atoms with Gasteiger partial charge in [0.1, 0.15) is 5.69 Å². The van der Waals surface area contributed by atoms with E-state index in [-0.39, 0.29) is 18.3 Å². The lowest BCUT2D eigenvalue weighted by Gasteiger charge is -2.07. The summed E-state index contributed by atoms with van der Waals surface area (Å²) in [7, 11) is 0. The summed E-state index contributed by atoms with van der Waals surface area (Å²) >= 11 is 0. The largest absolute Gasteiger partial charge is 0.461 e. The van der Waals surface area contributed by atoms with Crippen molar-refractivity contribution in [2.75, 3.05) is 19.7 Å². The molecule has 2 aromatic rings. The minimum Gasteiger partial charge on any atom is -0.461 e. The van der Waals surface area contributed by atoms with Gasteiger partial charge in [-0.3, -0.25) is 0 Å². The number of ether oxygens (including phenoxy) is 1. The third kappa shape index (κ3) is 4.44. The summed E-state index contributed by atoms with van der Waals surface area (Å²) in [4.78, 5) is 27.3. The average Bonchev–Trinajstić information content (AvgIpc) is 2.54. The molecule has 2 rings (SSSR count). The number of nitrogens with one attached hydrogen (secondary N) is 2. The third-order valence-electron chi connectivity index (χ3n) is 2.98. The molecule has 0 unspecified atom stereocenters. The zero-order valence-corrected chi connectivity index (χ0v) is 12.5. The summed E-state index contributed by atoms with van der Waals surface area (Å²) in [5.41, 5.74) is 1.05. The van der Waals surface area contributed by atoms with Crippen LogP contribution in [0.1, 0.15) is 23.8 Å². The molecule has 2 N–H and O–H groups in total. The third-order valence-corrected chi connectivity index (χ3v) is 2.98. The molecule has 1 aromatic heterocycles. The SMILES string of the molecule is CCNC(=O)NCCCOC(=O)c1ccc2ccccc2n1. The molecule has 0 fully saturated rings. The molecule has 0 saturated carbocycles. The minimum absolute atomic E-state index is 0.218. The molecular weight excluding hydrogens is 282 g/mol. The van der Waals surface area contributed by atoms with Crippen LogP contribution in [0.3, 0.4) is 0 Å². The van der Waals surface area contributed by atoms with Crippen LogP contribution in [0.15, 0.2) is 36.4 Å². The van der Waals surface area contributed by atoms with Gasteiger partial charge in [0.05, 0.1) is 12.1 Å². The van der Waals surface area contributed by atoms with E-state index in [9.17, 15) is 9.59 Å². The molecule has 6 heteroatoms. The van der Waals surface area contributed by atoms with Crippen molar-refractivity contribution >= 4 is 22.9 Å². The van der Waals surface area contributed by atoms with Gasteiger partial charge in [-0.25, -0.2) is 14.6 Å². The van der Waals surface area contributed by atoms with Crippen LogP contribution in [0.5, 0.6) is 0 Å². The number of pyridine rings is 1. The number of para-hydroxylation sites is 1. The van der Waals surface area contributed by atoms with E-state index in [2.05, 4.69) is 15.6 Å². The fourth-order valence-electron chi connectivity index (χ4n) is 1.92. The zero-order valence-electron chi connectivity index (χ0n) is 12.5. The average molecular weight is 301 g/mol. The van der Waals surface area contributed by atoms with E-state index in [1.54, 1.807) is 6.07 Å². The molecule has 116 valence electrons. The van der Waals surface area contributed by atoms with E-state index in [1.165, 1.54) is 0 Å². The molecule has 0 spiro atoms. The Kier molecular flexibility index (Phi) is 5.71. The second-order valence-electron chi connectivity index (χ2n) is 4.66. The Hall–Kier alpha value is -2.63. The maximum Gasteiger partial charge on any atom is 0.356 e. The quantitative estimate of drug-likeness (QED) is 0.632. The molecule has 1 aromatic carbocycles. The normalized spacial score (nSPS) is 10.2. The highest BCUT2D eigenvalue weighted by Crippen LogP contribution is 2.12. The Balaban J connectivity index is 1.78. The van der Waals surface area contributed by atoms with E-state index >= 15 is 0 Å². The number of fused-ring (bicyclic) bond motifs is 1. The number of amides is 2. The lowest BCUT2D eigenvalue weighted by molar-refractivity contribution is 0.0495. The summed E-state index contributed by atoms with van der Waals surface area (Å²) in [6.07, 6.45) is 0.552. The predicted molar refractivity (Wildman–Crippen MR) is 83.7 cm³/mol. The van der Waals surface area contributed by atoms with Crippen LogP contribution in [0, 0.1) is 0 Å². The van der Waals surface area contributed by atoms with Gasteiger partial charge >= 0.3 is 12.0 Å². The standard InChI is InChI=1S/C16H19N3O3/c1-2-17-16(21)18-10-5-11-22-15(20)14-9-8-12-6-3-4-7-13(12)19-14/h3-4,6-9H,2,5,10-11H2,1H3,(H2,17,18,21).